The molecule has 0 saturated heterocycles. The number of hydrogen-bond acceptors (Lipinski definition) is 4. The van der Waals surface area contributed by atoms with Crippen molar-refractivity contribution in [1.82, 2.24) is 0 Å². The minimum Gasteiger partial charge on any atom is -0.494 e. The third-order valence-corrected chi connectivity index (χ3v) is 4.70. The summed E-state index contributed by atoms with van der Waals surface area (Å²) >= 11 is 0. The molecule has 0 spiro atoms. The fraction of sp³-hybridized carbons (Fsp3) is 0.200. The van der Waals surface area contributed by atoms with E-state index in [1.807, 2.05) is 55.5 Å². The van der Waals surface area contributed by atoms with E-state index in [0.717, 1.165) is 23.4 Å². The molecule has 1 atom stereocenters. The third kappa shape index (κ3) is 5.47. The van der Waals surface area contributed by atoms with Crippen molar-refractivity contribution in [2.75, 3.05) is 11.9 Å². The maximum atomic E-state index is 13.2. The number of aliphatic carboxylic acids is 1. The fourth-order valence-corrected chi connectivity index (χ4v) is 3.14. The number of nitrogens with one attached hydrogen (secondary N) is 1. The number of carboxylic acids is 1. The summed E-state index contributed by atoms with van der Waals surface area (Å²) in [4.78, 5) is 25.1. The van der Waals surface area contributed by atoms with Crippen LogP contribution in [0.5, 0.6) is 5.75 Å². The van der Waals surface area contributed by atoms with Crippen molar-refractivity contribution in [2.24, 2.45) is 5.92 Å². The standard InChI is InChI=1S/C25H25NO4/c1-2-16-30-20-14-12-18(13-15-20)17-22(25(28)29)24(27)21-10-6-7-11-23(21)26-19-8-4-3-5-9-19/h3-15,22,26H,2,16-17H2,1H3,(H,28,29). The molecular formula is C25H25NO4. The van der Waals surface area contributed by atoms with Gasteiger partial charge in [0.25, 0.3) is 0 Å². The highest BCUT2D eigenvalue weighted by atomic mass is 16.5. The van der Waals surface area contributed by atoms with Crippen LogP contribution in [-0.4, -0.2) is 23.5 Å². The molecule has 0 bridgehead atoms. The Kier molecular flexibility index (Phi) is 7.22. The van der Waals surface area contributed by atoms with Crippen molar-refractivity contribution < 1.29 is 19.4 Å². The predicted octanol–water partition coefficient (Wildman–Crippen LogP) is 5.35. The average Bonchev–Trinajstić information content (AvgIpc) is 2.77. The van der Waals surface area contributed by atoms with Crippen molar-refractivity contribution >= 4 is 23.1 Å². The largest absolute Gasteiger partial charge is 0.494 e. The Hall–Kier alpha value is -3.60. The molecule has 30 heavy (non-hydrogen) atoms. The van der Waals surface area contributed by atoms with Gasteiger partial charge < -0.3 is 15.2 Å². The normalized spacial score (nSPS) is 11.5. The summed E-state index contributed by atoms with van der Waals surface area (Å²) in [6.45, 7) is 2.66. The van der Waals surface area contributed by atoms with E-state index in [0.29, 0.717) is 17.9 Å². The van der Waals surface area contributed by atoms with Gasteiger partial charge in [-0.05, 0) is 54.8 Å². The van der Waals surface area contributed by atoms with Gasteiger partial charge >= 0.3 is 5.97 Å². The van der Waals surface area contributed by atoms with Crippen LogP contribution in [0.4, 0.5) is 11.4 Å². The SMILES string of the molecule is CCCOc1ccc(CC(C(=O)O)C(=O)c2ccccc2Nc2ccccc2)cc1. The third-order valence-electron chi connectivity index (χ3n) is 4.70. The molecule has 3 rings (SSSR count). The molecule has 0 fully saturated rings. The second kappa shape index (κ2) is 10.3. The fourth-order valence-electron chi connectivity index (χ4n) is 3.14. The van der Waals surface area contributed by atoms with E-state index in [2.05, 4.69) is 5.32 Å². The van der Waals surface area contributed by atoms with Crippen molar-refractivity contribution in [3.63, 3.8) is 0 Å². The van der Waals surface area contributed by atoms with Gasteiger partial charge in [0.05, 0.1) is 6.61 Å². The lowest BCUT2D eigenvalue weighted by Gasteiger charge is -2.16. The molecule has 154 valence electrons. The first-order chi connectivity index (χ1) is 14.6. The topological polar surface area (TPSA) is 75.6 Å². The highest BCUT2D eigenvalue weighted by molar-refractivity contribution is 6.11. The summed E-state index contributed by atoms with van der Waals surface area (Å²) in [6, 6.07) is 23.7. The molecule has 0 aromatic heterocycles. The molecular weight excluding hydrogens is 378 g/mol. The molecule has 0 heterocycles. The van der Waals surface area contributed by atoms with Crippen LogP contribution in [0, 0.1) is 5.92 Å². The number of rotatable bonds is 10. The zero-order valence-corrected chi connectivity index (χ0v) is 16.9. The maximum absolute atomic E-state index is 13.2. The van der Waals surface area contributed by atoms with E-state index in [9.17, 15) is 14.7 Å². The second-order valence-electron chi connectivity index (χ2n) is 6.99. The van der Waals surface area contributed by atoms with Gasteiger partial charge in [-0.3, -0.25) is 9.59 Å². The molecule has 0 amide bonds. The highest BCUT2D eigenvalue weighted by Crippen LogP contribution is 2.25. The van der Waals surface area contributed by atoms with Crippen LogP contribution in [0.25, 0.3) is 0 Å². The van der Waals surface area contributed by atoms with Gasteiger partial charge in [0.2, 0.25) is 0 Å². The summed E-state index contributed by atoms with van der Waals surface area (Å²) in [7, 11) is 0. The summed E-state index contributed by atoms with van der Waals surface area (Å²) in [5, 5.41) is 13.0. The summed E-state index contributed by atoms with van der Waals surface area (Å²) in [5.74, 6) is -2.00. The first-order valence-electron chi connectivity index (χ1n) is 9.98. The van der Waals surface area contributed by atoms with Gasteiger partial charge in [-0.25, -0.2) is 0 Å². The molecule has 0 aliphatic carbocycles. The number of anilines is 2. The first-order valence-corrected chi connectivity index (χ1v) is 9.98. The quantitative estimate of drug-likeness (QED) is 0.353. The summed E-state index contributed by atoms with van der Waals surface area (Å²) in [5.41, 5.74) is 2.54. The molecule has 1 unspecified atom stereocenters. The average molecular weight is 403 g/mol. The van der Waals surface area contributed by atoms with Crippen LogP contribution >= 0.6 is 0 Å². The Morgan fingerprint density at radius 1 is 0.933 bits per heavy atom. The van der Waals surface area contributed by atoms with Crippen LogP contribution in [0.2, 0.25) is 0 Å². The van der Waals surface area contributed by atoms with Crippen LogP contribution in [-0.2, 0) is 11.2 Å². The van der Waals surface area contributed by atoms with Gasteiger partial charge in [-0.15, -0.1) is 0 Å². The minimum atomic E-state index is -1.17. The van der Waals surface area contributed by atoms with Crippen molar-refractivity contribution in [3.05, 3.63) is 90.0 Å². The number of ether oxygens (including phenoxy) is 1. The monoisotopic (exact) mass is 403 g/mol. The number of hydrogen-bond donors (Lipinski definition) is 2. The van der Waals surface area contributed by atoms with E-state index in [4.69, 9.17) is 4.74 Å². The van der Waals surface area contributed by atoms with Crippen molar-refractivity contribution in [2.45, 2.75) is 19.8 Å². The summed E-state index contributed by atoms with van der Waals surface area (Å²) < 4.78 is 5.56. The zero-order chi connectivity index (χ0) is 21.3. The van der Waals surface area contributed by atoms with Gasteiger partial charge in [0.1, 0.15) is 11.7 Å². The lowest BCUT2D eigenvalue weighted by Crippen LogP contribution is -2.26. The Balaban J connectivity index is 1.80. The van der Waals surface area contributed by atoms with Crippen molar-refractivity contribution in [1.29, 1.82) is 0 Å². The van der Waals surface area contributed by atoms with E-state index in [1.165, 1.54) is 0 Å². The number of ketones is 1. The van der Waals surface area contributed by atoms with Gasteiger partial charge in [0.15, 0.2) is 5.78 Å². The molecule has 2 N–H and O–H groups in total. The van der Waals surface area contributed by atoms with Crippen molar-refractivity contribution in [3.8, 4) is 5.75 Å². The molecule has 0 saturated carbocycles. The minimum absolute atomic E-state index is 0.113. The van der Waals surface area contributed by atoms with E-state index in [1.54, 1.807) is 30.3 Å². The molecule has 3 aromatic rings. The zero-order valence-electron chi connectivity index (χ0n) is 16.9. The second-order valence-corrected chi connectivity index (χ2v) is 6.99. The lowest BCUT2D eigenvalue weighted by atomic mass is 9.90. The van der Waals surface area contributed by atoms with Crippen LogP contribution in [0.1, 0.15) is 29.3 Å². The maximum Gasteiger partial charge on any atom is 0.314 e. The Morgan fingerprint density at radius 2 is 1.60 bits per heavy atom. The van der Waals surface area contributed by atoms with Crippen LogP contribution < -0.4 is 10.1 Å². The van der Waals surface area contributed by atoms with E-state index >= 15 is 0 Å². The number of carbonyl (C=O) groups excluding carboxylic acids is 1. The van der Waals surface area contributed by atoms with Gasteiger partial charge in [-0.2, -0.15) is 0 Å². The van der Waals surface area contributed by atoms with Crippen LogP contribution in [0.15, 0.2) is 78.9 Å². The smallest absolute Gasteiger partial charge is 0.314 e. The lowest BCUT2D eigenvalue weighted by molar-refractivity contribution is -0.139. The van der Waals surface area contributed by atoms with Crippen LogP contribution in [0.3, 0.4) is 0 Å². The van der Waals surface area contributed by atoms with E-state index < -0.39 is 17.7 Å². The molecule has 5 nitrogen and oxygen atoms in total. The Labute approximate surface area is 176 Å². The number of para-hydroxylation sites is 2. The molecule has 5 heteroatoms. The molecule has 3 aromatic carbocycles. The molecule has 0 radical (unpaired) electrons. The number of carbonyl (C=O) groups is 2. The number of benzene rings is 3. The predicted molar refractivity (Wildman–Crippen MR) is 118 cm³/mol. The Bertz CT molecular complexity index is 984. The highest BCUT2D eigenvalue weighted by Gasteiger charge is 2.29. The number of carboxylic acid groups (broad SMARTS) is 1. The van der Waals surface area contributed by atoms with E-state index in [-0.39, 0.29) is 6.42 Å². The van der Waals surface area contributed by atoms with Gasteiger partial charge in [0, 0.05) is 16.9 Å². The first kappa shape index (κ1) is 21.1. The van der Waals surface area contributed by atoms with Gasteiger partial charge in [-0.1, -0.05) is 49.4 Å². The Morgan fingerprint density at radius 3 is 2.27 bits per heavy atom. The molecule has 0 aliphatic heterocycles. The molecule has 0 aliphatic rings. The number of Topliss-reactive ketones (excluding diaryl/α,β-unsaturated/α-hetero) is 1. The summed E-state index contributed by atoms with van der Waals surface area (Å²) in [6.07, 6.45) is 1.02.